The SMILES string of the molecule is Cc1cnccc1C(=O)NC[C@@H]1CN(CC2CCN(CC3CC3)CC2)C(=O)CO1. The number of amides is 2. The molecule has 0 radical (unpaired) electrons. The Bertz CT molecular complexity index is 729. The molecule has 7 nitrogen and oxygen atoms in total. The minimum Gasteiger partial charge on any atom is -0.365 e. The summed E-state index contributed by atoms with van der Waals surface area (Å²) in [6.45, 7) is 7.33. The fraction of sp³-hybridized carbons (Fsp3) is 0.682. The largest absolute Gasteiger partial charge is 0.365 e. The molecule has 2 amide bonds. The molecule has 3 fully saturated rings. The average Bonchev–Trinajstić information content (AvgIpc) is 3.54. The Labute approximate surface area is 172 Å². The van der Waals surface area contributed by atoms with Gasteiger partial charge in [-0.15, -0.1) is 0 Å². The third kappa shape index (κ3) is 5.54. The van der Waals surface area contributed by atoms with Crippen LogP contribution in [0.1, 0.15) is 41.6 Å². The molecule has 0 aromatic carbocycles. The number of nitrogens with one attached hydrogen (secondary N) is 1. The summed E-state index contributed by atoms with van der Waals surface area (Å²) in [6.07, 6.45) is 8.29. The van der Waals surface area contributed by atoms with Crippen LogP contribution in [0.4, 0.5) is 0 Å². The van der Waals surface area contributed by atoms with Crippen molar-refractivity contribution in [3.8, 4) is 0 Å². The van der Waals surface area contributed by atoms with E-state index < -0.39 is 0 Å². The van der Waals surface area contributed by atoms with E-state index in [9.17, 15) is 9.59 Å². The highest BCUT2D eigenvalue weighted by Crippen LogP contribution is 2.31. The van der Waals surface area contributed by atoms with Crippen LogP contribution in [0, 0.1) is 18.8 Å². The van der Waals surface area contributed by atoms with Crippen molar-refractivity contribution in [2.75, 3.05) is 45.9 Å². The number of aromatic nitrogens is 1. The lowest BCUT2D eigenvalue weighted by Gasteiger charge is -2.38. The van der Waals surface area contributed by atoms with Gasteiger partial charge < -0.3 is 19.9 Å². The molecule has 2 aliphatic heterocycles. The van der Waals surface area contributed by atoms with Crippen molar-refractivity contribution in [1.29, 1.82) is 0 Å². The summed E-state index contributed by atoms with van der Waals surface area (Å²) in [5.74, 6) is 1.46. The van der Waals surface area contributed by atoms with Crippen LogP contribution in [-0.4, -0.2) is 78.6 Å². The van der Waals surface area contributed by atoms with Crippen molar-refractivity contribution in [3.63, 3.8) is 0 Å². The quantitative estimate of drug-likeness (QED) is 0.750. The maximum Gasteiger partial charge on any atom is 0.251 e. The second-order valence-electron chi connectivity index (χ2n) is 8.82. The Morgan fingerprint density at radius 1 is 1.21 bits per heavy atom. The van der Waals surface area contributed by atoms with Crippen LogP contribution < -0.4 is 5.32 Å². The molecular formula is C22H32N4O3. The van der Waals surface area contributed by atoms with Crippen LogP contribution in [0.2, 0.25) is 0 Å². The predicted octanol–water partition coefficient (Wildman–Crippen LogP) is 1.47. The van der Waals surface area contributed by atoms with Crippen LogP contribution in [0.3, 0.4) is 0 Å². The number of piperidine rings is 1. The highest BCUT2D eigenvalue weighted by molar-refractivity contribution is 5.95. The molecule has 4 rings (SSSR count). The number of rotatable bonds is 7. The summed E-state index contributed by atoms with van der Waals surface area (Å²) in [7, 11) is 0. The van der Waals surface area contributed by atoms with Crippen LogP contribution in [0.5, 0.6) is 0 Å². The number of pyridine rings is 1. The van der Waals surface area contributed by atoms with E-state index >= 15 is 0 Å². The van der Waals surface area contributed by atoms with Crippen molar-refractivity contribution in [2.45, 2.75) is 38.7 Å². The van der Waals surface area contributed by atoms with Crippen LogP contribution >= 0.6 is 0 Å². The zero-order chi connectivity index (χ0) is 20.2. The van der Waals surface area contributed by atoms with E-state index in [1.165, 1.54) is 32.2 Å². The molecule has 158 valence electrons. The zero-order valence-corrected chi connectivity index (χ0v) is 17.3. The molecule has 2 saturated heterocycles. The Kier molecular flexibility index (Phi) is 6.45. The lowest BCUT2D eigenvalue weighted by Crippen LogP contribution is -2.52. The number of likely N-dealkylation sites (tertiary alicyclic amines) is 1. The second-order valence-corrected chi connectivity index (χ2v) is 8.82. The molecule has 1 N–H and O–H groups in total. The highest BCUT2D eigenvalue weighted by Gasteiger charge is 2.31. The fourth-order valence-corrected chi connectivity index (χ4v) is 4.34. The summed E-state index contributed by atoms with van der Waals surface area (Å²) in [5, 5.41) is 2.94. The highest BCUT2D eigenvalue weighted by atomic mass is 16.5. The van der Waals surface area contributed by atoms with Crippen molar-refractivity contribution >= 4 is 11.8 Å². The van der Waals surface area contributed by atoms with E-state index in [0.29, 0.717) is 24.6 Å². The Morgan fingerprint density at radius 3 is 2.69 bits per heavy atom. The monoisotopic (exact) mass is 400 g/mol. The van der Waals surface area contributed by atoms with Gasteiger partial charge in [-0.3, -0.25) is 14.6 Å². The lowest BCUT2D eigenvalue weighted by atomic mass is 9.95. The van der Waals surface area contributed by atoms with Gasteiger partial charge in [0.2, 0.25) is 5.91 Å². The molecule has 3 heterocycles. The Morgan fingerprint density at radius 2 is 1.97 bits per heavy atom. The van der Waals surface area contributed by atoms with E-state index in [4.69, 9.17) is 4.74 Å². The number of carbonyl (C=O) groups is 2. The van der Waals surface area contributed by atoms with Gasteiger partial charge in [0, 0.05) is 44.1 Å². The third-order valence-electron chi connectivity index (χ3n) is 6.37. The number of carbonyl (C=O) groups excluding carboxylic acids is 2. The number of morpholine rings is 1. The third-order valence-corrected chi connectivity index (χ3v) is 6.37. The van der Waals surface area contributed by atoms with Gasteiger partial charge in [-0.2, -0.15) is 0 Å². The van der Waals surface area contributed by atoms with Gasteiger partial charge in [0.1, 0.15) is 6.61 Å². The van der Waals surface area contributed by atoms with Gasteiger partial charge >= 0.3 is 0 Å². The molecule has 0 bridgehead atoms. The van der Waals surface area contributed by atoms with Crippen LogP contribution in [0.15, 0.2) is 18.5 Å². The second kappa shape index (κ2) is 9.22. The molecule has 1 aromatic rings. The maximum absolute atomic E-state index is 12.4. The van der Waals surface area contributed by atoms with Gasteiger partial charge in [0.25, 0.3) is 5.91 Å². The standard InChI is InChI=1S/C22H32N4O3/c1-16-10-23-7-4-20(16)22(28)24-11-19-14-26(21(27)15-29-19)13-18-5-8-25(9-6-18)12-17-2-3-17/h4,7,10,17-19H,2-3,5-6,8-9,11-15H2,1H3,(H,24,28)/t19-/m1/s1. The van der Waals surface area contributed by atoms with E-state index in [2.05, 4.69) is 15.2 Å². The topological polar surface area (TPSA) is 74.8 Å². The first-order chi connectivity index (χ1) is 14.1. The van der Waals surface area contributed by atoms with Gasteiger partial charge in [0.15, 0.2) is 0 Å². The van der Waals surface area contributed by atoms with Gasteiger partial charge in [-0.25, -0.2) is 0 Å². The molecule has 0 spiro atoms. The molecule has 29 heavy (non-hydrogen) atoms. The van der Waals surface area contributed by atoms with Crippen LogP contribution in [0.25, 0.3) is 0 Å². The van der Waals surface area contributed by atoms with Gasteiger partial charge in [-0.1, -0.05) is 0 Å². The first-order valence-electron chi connectivity index (χ1n) is 10.9. The minimum absolute atomic E-state index is 0.0676. The molecule has 1 aromatic heterocycles. The number of hydrogen-bond acceptors (Lipinski definition) is 5. The van der Waals surface area contributed by atoms with Crippen molar-refractivity contribution < 1.29 is 14.3 Å². The van der Waals surface area contributed by atoms with Gasteiger partial charge in [0.05, 0.1) is 6.10 Å². The lowest BCUT2D eigenvalue weighted by molar-refractivity contribution is -0.149. The van der Waals surface area contributed by atoms with E-state index in [1.807, 2.05) is 11.8 Å². The van der Waals surface area contributed by atoms with Crippen molar-refractivity contribution in [2.24, 2.45) is 11.8 Å². The summed E-state index contributed by atoms with van der Waals surface area (Å²) < 4.78 is 5.67. The molecular weight excluding hydrogens is 368 g/mol. The van der Waals surface area contributed by atoms with E-state index in [1.54, 1.807) is 18.5 Å². The zero-order valence-electron chi connectivity index (χ0n) is 17.3. The molecule has 7 heteroatoms. The smallest absolute Gasteiger partial charge is 0.251 e. The summed E-state index contributed by atoms with van der Waals surface area (Å²) in [5.41, 5.74) is 1.47. The van der Waals surface area contributed by atoms with E-state index in [-0.39, 0.29) is 24.5 Å². The first kappa shape index (κ1) is 20.3. The molecule has 3 aliphatic rings. The van der Waals surface area contributed by atoms with Crippen LogP contribution in [-0.2, 0) is 9.53 Å². The summed E-state index contributed by atoms with van der Waals surface area (Å²) in [4.78, 5) is 33.3. The molecule has 0 unspecified atom stereocenters. The predicted molar refractivity (Wildman–Crippen MR) is 110 cm³/mol. The van der Waals surface area contributed by atoms with Crippen molar-refractivity contribution in [1.82, 2.24) is 20.1 Å². The Balaban J connectivity index is 1.22. The Hall–Kier alpha value is -1.99. The summed E-state index contributed by atoms with van der Waals surface area (Å²) >= 11 is 0. The van der Waals surface area contributed by atoms with Gasteiger partial charge in [-0.05, 0) is 69.2 Å². The fourth-order valence-electron chi connectivity index (χ4n) is 4.34. The minimum atomic E-state index is -0.159. The van der Waals surface area contributed by atoms with E-state index in [0.717, 1.165) is 31.1 Å². The molecule has 1 atom stereocenters. The molecule has 1 saturated carbocycles. The van der Waals surface area contributed by atoms with Crippen molar-refractivity contribution in [3.05, 3.63) is 29.6 Å². The summed E-state index contributed by atoms with van der Waals surface area (Å²) in [6, 6.07) is 1.72. The maximum atomic E-state index is 12.4. The number of nitrogens with zero attached hydrogens (tertiary/aromatic N) is 3. The number of aryl methyl sites for hydroxylation is 1. The number of hydrogen-bond donors (Lipinski definition) is 1. The average molecular weight is 401 g/mol. The normalized spacial score (nSPS) is 24.0. The number of ether oxygens (including phenoxy) is 1. The molecule has 1 aliphatic carbocycles. The first-order valence-corrected chi connectivity index (χ1v) is 10.9.